The molecule has 0 bridgehead atoms. The fourth-order valence-electron chi connectivity index (χ4n) is 3.44. The number of aromatic hydroxyl groups is 1. The molecule has 0 radical (unpaired) electrons. The number of hydrogen-bond acceptors (Lipinski definition) is 1. The SMILES string of the molecule is Oc1ccc2cc(CC(c3ccccc3)c3ccccc3)ccc2c1. The van der Waals surface area contributed by atoms with Gasteiger partial charge in [0.25, 0.3) is 0 Å². The summed E-state index contributed by atoms with van der Waals surface area (Å²) in [4.78, 5) is 0. The van der Waals surface area contributed by atoms with Crippen LogP contribution in [-0.4, -0.2) is 5.11 Å². The first kappa shape index (κ1) is 15.5. The van der Waals surface area contributed by atoms with Crippen LogP contribution >= 0.6 is 0 Å². The van der Waals surface area contributed by atoms with Crippen molar-refractivity contribution in [2.24, 2.45) is 0 Å². The highest BCUT2D eigenvalue weighted by atomic mass is 16.3. The molecular weight excluding hydrogens is 304 g/mol. The van der Waals surface area contributed by atoms with E-state index in [4.69, 9.17) is 0 Å². The molecule has 0 aliphatic heterocycles. The molecule has 25 heavy (non-hydrogen) atoms. The number of phenols is 1. The van der Waals surface area contributed by atoms with E-state index in [1.54, 1.807) is 6.07 Å². The predicted molar refractivity (Wildman–Crippen MR) is 104 cm³/mol. The summed E-state index contributed by atoms with van der Waals surface area (Å²) in [7, 11) is 0. The minimum absolute atomic E-state index is 0.312. The van der Waals surface area contributed by atoms with Gasteiger partial charge in [0.05, 0.1) is 0 Å². The molecule has 4 rings (SSSR count). The maximum absolute atomic E-state index is 9.64. The van der Waals surface area contributed by atoms with Gasteiger partial charge in [-0.15, -0.1) is 0 Å². The minimum Gasteiger partial charge on any atom is -0.508 e. The van der Waals surface area contributed by atoms with E-state index in [9.17, 15) is 5.11 Å². The summed E-state index contributed by atoms with van der Waals surface area (Å²) in [6.45, 7) is 0. The van der Waals surface area contributed by atoms with E-state index in [0.29, 0.717) is 11.7 Å². The quantitative estimate of drug-likeness (QED) is 0.494. The number of rotatable bonds is 4. The molecule has 0 unspecified atom stereocenters. The van der Waals surface area contributed by atoms with E-state index in [1.165, 1.54) is 16.7 Å². The molecular formula is C24H20O. The van der Waals surface area contributed by atoms with E-state index >= 15 is 0 Å². The monoisotopic (exact) mass is 324 g/mol. The highest BCUT2D eigenvalue weighted by molar-refractivity contribution is 5.84. The summed E-state index contributed by atoms with van der Waals surface area (Å²) < 4.78 is 0. The molecule has 0 aliphatic rings. The van der Waals surface area contributed by atoms with Crippen molar-refractivity contribution >= 4 is 10.8 Å². The van der Waals surface area contributed by atoms with E-state index in [-0.39, 0.29) is 0 Å². The van der Waals surface area contributed by atoms with Crippen molar-refractivity contribution in [3.05, 3.63) is 114 Å². The normalized spacial score (nSPS) is 11.1. The molecule has 0 saturated heterocycles. The van der Waals surface area contributed by atoms with Crippen molar-refractivity contribution in [2.75, 3.05) is 0 Å². The van der Waals surface area contributed by atoms with Crippen molar-refractivity contribution in [2.45, 2.75) is 12.3 Å². The van der Waals surface area contributed by atoms with Gasteiger partial charge in [0.2, 0.25) is 0 Å². The van der Waals surface area contributed by atoms with Crippen LogP contribution in [0.3, 0.4) is 0 Å². The second-order valence-corrected chi connectivity index (χ2v) is 6.44. The standard InChI is InChI=1S/C24H20O/c25-23-14-13-21-15-18(11-12-22(21)17-23)16-24(19-7-3-1-4-8-19)20-9-5-2-6-10-20/h1-15,17,24-25H,16H2. The van der Waals surface area contributed by atoms with Gasteiger partial charge in [-0.1, -0.05) is 84.9 Å². The fraction of sp³-hybridized carbons (Fsp3) is 0.0833. The molecule has 1 heteroatoms. The molecule has 4 aromatic rings. The molecule has 4 aromatic carbocycles. The Morgan fingerprint density at radius 1 is 0.600 bits per heavy atom. The van der Waals surface area contributed by atoms with Gasteiger partial charge >= 0.3 is 0 Å². The zero-order valence-corrected chi connectivity index (χ0v) is 14.0. The highest BCUT2D eigenvalue weighted by Crippen LogP contribution is 2.30. The fourth-order valence-corrected chi connectivity index (χ4v) is 3.44. The van der Waals surface area contributed by atoms with Crippen LogP contribution in [0.5, 0.6) is 5.75 Å². The molecule has 0 spiro atoms. The Hall–Kier alpha value is -3.06. The Morgan fingerprint density at radius 3 is 1.80 bits per heavy atom. The Kier molecular flexibility index (Phi) is 4.22. The summed E-state index contributed by atoms with van der Waals surface area (Å²) in [5.41, 5.74) is 3.97. The largest absolute Gasteiger partial charge is 0.508 e. The Labute approximate surface area is 148 Å². The lowest BCUT2D eigenvalue weighted by atomic mass is 9.85. The lowest BCUT2D eigenvalue weighted by Gasteiger charge is -2.18. The maximum Gasteiger partial charge on any atom is 0.116 e. The third kappa shape index (κ3) is 3.41. The van der Waals surface area contributed by atoms with E-state index in [2.05, 4.69) is 78.9 Å². The molecule has 1 nitrogen and oxygen atoms in total. The Bertz CT molecular complexity index is 935. The van der Waals surface area contributed by atoms with E-state index in [0.717, 1.165) is 17.2 Å². The number of fused-ring (bicyclic) bond motifs is 1. The van der Waals surface area contributed by atoms with Crippen molar-refractivity contribution in [3.63, 3.8) is 0 Å². The van der Waals surface area contributed by atoms with Gasteiger partial charge in [0.1, 0.15) is 5.75 Å². The molecule has 0 fully saturated rings. The zero-order chi connectivity index (χ0) is 17.1. The predicted octanol–water partition coefficient (Wildman–Crippen LogP) is 5.92. The summed E-state index contributed by atoms with van der Waals surface area (Å²) in [6.07, 6.45) is 0.949. The van der Waals surface area contributed by atoms with Crippen LogP contribution in [0.15, 0.2) is 97.1 Å². The van der Waals surface area contributed by atoms with Crippen LogP contribution < -0.4 is 0 Å². The lowest BCUT2D eigenvalue weighted by molar-refractivity contribution is 0.476. The molecule has 0 atom stereocenters. The van der Waals surface area contributed by atoms with Gasteiger partial charge in [-0.2, -0.15) is 0 Å². The Balaban J connectivity index is 1.72. The molecule has 0 aromatic heterocycles. The van der Waals surface area contributed by atoms with Crippen LogP contribution in [0.25, 0.3) is 10.8 Å². The third-order valence-electron chi connectivity index (χ3n) is 4.73. The zero-order valence-electron chi connectivity index (χ0n) is 14.0. The third-order valence-corrected chi connectivity index (χ3v) is 4.73. The van der Waals surface area contributed by atoms with Crippen molar-refractivity contribution < 1.29 is 5.11 Å². The van der Waals surface area contributed by atoms with Crippen LogP contribution in [-0.2, 0) is 6.42 Å². The van der Waals surface area contributed by atoms with Gasteiger partial charge in [0, 0.05) is 5.92 Å². The van der Waals surface area contributed by atoms with Crippen LogP contribution in [0.1, 0.15) is 22.6 Å². The first-order valence-electron chi connectivity index (χ1n) is 8.61. The highest BCUT2D eigenvalue weighted by Gasteiger charge is 2.14. The smallest absolute Gasteiger partial charge is 0.116 e. The van der Waals surface area contributed by atoms with Crippen molar-refractivity contribution in [1.29, 1.82) is 0 Å². The molecule has 0 amide bonds. The summed E-state index contributed by atoms with van der Waals surface area (Å²) in [5.74, 6) is 0.642. The summed E-state index contributed by atoms with van der Waals surface area (Å²) in [6, 6.07) is 33.4. The average Bonchev–Trinajstić information content (AvgIpc) is 2.67. The molecule has 0 heterocycles. The maximum atomic E-state index is 9.64. The van der Waals surface area contributed by atoms with Crippen LogP contribution in [0.2, 0.25) is 0 Å². The number of phenolic OH excluding ortho intramolecular Hbond substituents is 1. The van der Waals surface area contributed by atoms with E-state index < -0.39 is 0 Å². The molecule has 122 valence electrons. The van der Waals surface area contributed by atoms with Gasteiger partial charge in [-0.3, -0.25) is 0 Å². The number of hydrogen-bond donors (Lipinski definition) is 1. The number of benzene rings is 4. The van der Waals surface area contributed by atoms with Gasteiger partial charge in [-0.05, 0) is 46.0 Å². The first-order valence-corrected chi connectivity index (χ1v) is 8.61. The summed E-state index contributed by atoms with van der Waals surface area (Å²) >= 11 is 0. The molecule has 0 aliphatic carbocycles. The first-order chi connectivity index (χ1) is 12.3. The van der Waals surface area contributed by atoms with Crippen LogP contribution in [0.4, 0.5) is 0 Å². The van der Waals surface area contributed by atoms with Crippen molar-refractivity contribution in [1.82, 2.24) is 0 Å². The van der Waals surface area contributed by atoms with Gasteiger partial charge in [0.15, 0.2) is 0 Å². The minimum atomic E-state index is 0.312. The van der Waals surface area contributed by atoms with Gasteiger partial charge < -0.3 is 5.11 Å². The average molecular weight is 324 g/mol. The molecule has 0 saturated carbocycles. The second-order valence-electron chi connectivity index (χ2n) is 6.44. The lowest BCUT2D eigenvalue weighted by Crippen LogP contribution is -2.05. The van der Waals surface area contributed by atoms with Crippen molar-refractivity contribution in [3.8, 4) is 5.75 Å². The summed E-state index contributed by atoms with van der Waals surface area (Å²) in [5, 5.41) is 11.9. The molecule has 1 N–H and O–H groups in total. The van der Waals surface area contributed by atoms with E-state index in [1.807, 2.05) is 12.1 Å². The van der Waals surface area contributed by atoms with Gasteiger partial charge in [-0.25, -0.2) is 0 Å². The van der Waals surface area contributed by atoms with Crippen LogP contribution in [0, 0.1) is 0 Å². The Morgan fingerprint density at radius 2 is 1.16 bits per heavy atom. The topological polar surface area (TPSA) is 20.2 Å². The second kappa shape index (κ2) is 6.82.